The molecule has 0 saturated heterocycles. The lowest BCUT2D eigenvalue weighted by atomic mass is 10.2. The van der Waals surface area contributed by atoms with Crippen LogP contribution in [0.5, 0.6) is 0 Å². The summed E-state index contributed by atoms with van der Waals surface area (Å²) in [5.41, 5.74) is 1.33. The Kier molecular flexibility index (Phi) is 5.15. The third kappa shape index (κ3) is 4.48. The van der Waals surface area contributed by atoms with Crippen LogP contribution in [0.4, 0.5) is 0 Å². The SMILES string of the molecule is Cc1cc(CNC(C)C(=O)NC(C)C)sc1C. The predicted molar refractivity (Wildman–Crippen MR) is 73.4 cm³/mol. The van der Waals surface area contributed by atoms with Gasteiger partial charge >= 0.3 is 0 Å². The van der Waals surface area contributed by atoms with Gasteiger partial charge in [-0.2, -0.15) is 0 Å². The third-order valence-corrected chi connectivity index (χ3v) is 3.78. The predicted octanol–water partition coefficient (Wildman–Crippen LogP) is 2.37. The van der Waals surface area contributed by atoms with Crippen molar-refractivity contribution in [2.45, 2.75) is 53.2 Å². The Morgan fingerprint density at radius 3 is 2.47 bits per heavy atom. The first-order valence-electron chi connectivity index (χ1n) is 5.99. The van der Waals surface area contributed by atoms with E-state index in [1.807, 2.05) is 20.8 Å². The molecule has 1 atom stereocenters. The molecule has 3 nitrogen and oxygen atoms in total. The summed E-state index contributed by atoms with van der Waals surface area (Å²) in [5.74, 6) is 0.0602. The molecule has 0 aromatic carbocycles. The lowest BCUT2D eigenvalue weighted by Gasteiger charge is -2.15. The Labute approximate surface area is 108 Å². The van der Waals surface area contributed by atoms with Crippen LogP contribution in [0.3, 0.4) is 0 Å². The molecule has 0 aliphatic heterocycles. The van der Waals surface area contributed by atoms with Gasteiger partial charge in [0, 0.05) is 22.3 Å². The van der Waals surface area contributed by atoms with Crippen LogP contribution in [-0.2, 0) is 11.3 Å². The van der Waals surface area contributed by atoms with E-state index in [1.165, 1.54) is 15.3 Å². The van der Waals surface area contributed by atoms with Crippen LogP contribution in [0, 0.1) is 13.8 Å². The molecule has 0 saturated carbocycles. The summed E-state index contributed by atoms with van der Waals surface area (Å²) >= 11 is 1.79. The molecule has 1 amide bonds. The van der Waals surface area contributed by atoms with Gasteiger partial charge in [-0.1, -0.05) is 0 Å². The average Bonchev–Trinajstić information content (AvgIpc) is 2.54. The average molecular weight is 254 g/mol. The molecule has 1 rings (SSSR count). The van der Waals surface area contributed by atoms with E-state index in [9.17, 15) is 4.79 Å². The second-order valence-electron chi connectivity index (χ2n) is 4.72. The fourth-order valence-corrected chi connectivity index (χ4v) is 2.50. The van der Waals surface area contributed by atoms with Gasteiger partial charge in [0.15, 0.2) is 0 Å². The van der Waals surface area contributed by atoms with Crippen LogP contribution < -0.4 is 10.6 Å². The number of hydrogen-bond donors (Lipinski definition) is 2. The molecule has 0 fully saturated rings. The zero-order chi connectivity index (χ0) is 13.0. The van der Waals surface area contributed by atoms with E-state index in [0.29, 0.717) is 0 Å². The highest BCUT2D eigenvalue weighted by atomic mass is 32.1. The summed E-state index contributed by atoms with van der Waals surface area (Å²) in [7, 11) is 0. The molecular weight excluding hydrogens is 232 g/mol. The van der Waals surface area contributed by atoms with Crippen molar-refractivity contribution in [2.24, 2.45) is 0 Å². The van der Waals surface area contributed by atoms with E-state index in [1.54, 1.807) is 11.3 Å². The molecule has 0 radical (unpaired) electrons. The number of thiophene rings is 1. The molecule has 4 heteroatoms. The lowest BCUT2D eigenvalue weighted by Crippen LogP contribution is -2.44. The standard InChI is InChI=1S/C13H22N2OS/c1-8(2)15-13(16)10(4)14-7-12-6-9(3)11(5)17-12/h6,8,10,14H,7H2,1-5H3,(H,15,16). The number of amides is 1. The number of aryl methyl sites for hydroxylation is 2. The number of hydrogen-bond acceptors (Lipinski definition) is 3. The molecule has 1 unspecified atom stereocenters. The van der Waals surface area contributed by atoms with Gasteiger partial charge in [0.25, 0.3) is 0 Å². The number of rotatable bonds is 5. The summed E-state index contributed by atoms with van der Waals surface area (Å²) in [4.78, 5) is 14.3. The van der Waals surface area contributed by atoms with Crippen molar-refractivity contribution in [3.8, 4) is 0 Å². The zero-order valence-corrected chi connectivity index (χ0v) is 12.1. The van der Waals surface area contributed by atoms with E-state index in [0.717, 1.165) is 6.54 Å². The monoisotopic (exact) mass is 254 g/mol. The first-order chi connectivity index (χ1) is 7.90. The van der Waals surface area contributed by atoms with Gasteiger partial charge in [0.2, 0.25) is 5.91 Å². The van der Waals surface area contributed by atoms with E-state index >= 15 is 0 Å². The van der Waals surface area contributed by atoms with E-state index in [4.69, 9.17) is 0 Å². The smallest absolute Gasteiger partial charge is 0.237 e. The van der Waals surface area contributed by atoms with Crippen molar-refractivity contribution >= 4 is 17.2 Å². The molecule has 2 N–H and O–H groups in total. The Balaban J connectivity index is 2.42. The Bertz CT molecular complexity index is 365. The van der Waals surface area contributed by atoms with Gasteiger partial charge in [-0.05, 0) is 46.2 Å². The summed E-state index contributed by atoms with van der Waals surface area (Å²) < 4.78 is 0. The van der Waals surface area contributed by atoms with E-state index in [2.05, 4.69) is 30.5 Å². The molecular formula is C13H22N2OS. The Hall–Kier alpha value is -0.870. The Morgan fingerprint density at radius 1 is 1.35 bits per heavy atom. The zero-order valence-electron chi connectivity index (χ0n) is 11.3. The highest BCUT2D eigenvalue weighted by molar-refractivity contribution is 7.12. The van der Waals surface area contributed by atoms with Crippen LogP contribution >= 0.6 is 11.3 Å². The van der Waals surface area contributed by atoms with Gasteiger partial charge in [-0.15, -0.1) is 11.3 Å². The molecule has 96 valence electrons. The maximum atomic E-state index is 11.7. The van der Waals surface area contributed by atoms with E-state index < -0.39 is 0 Å². The summed E-state index contributed by atoms with van der Waals surface area (Å²) in [5, 5.41) is 6.14. The summed E-state index contributed by atoms with van der Waals surface area (Å²) in [6, 6.07) is 2.22. The molecule has 0 bridgehead atoms. The second kappa shape index (κ2) is 6.17. The third-order valence-electron chi connectivity index (χ3n) is 2.62. The maximum absolute atomic E-state index is 11.7. The lowest BCUT2D eigenvalue weighted by molar-refractivity contribution is -0.123. The second-order valence-corrected chi connectivity index (χ2v) is 6.06. The van der Waals surface area contributed by atoms with Gasteiger partial charge in [-0.3, -0.25) is 4.79 Å². The summed E-state index contributed by atoms with van der Waals surface area (Å²) in [6.45, 7) is 10.8. The van der Waals surface area contributed by atoms with Crippen molar-refractivity contribution < 1.29 is 4.79 Å². The number of nitrogens with one attached hydrogen (secondary N) is 2. The van der Waals surface area contributed by atoms with Crippen molar-refractivity contribution in [3.05, 3.63) is 21.4 Å². The molecule has 17 heavy (non-hydrogen) atoms. The number of carbonyl (C=O) groups is 1. The van der Waals surface area contributed by atoms with Gasteiger partial charge < -0.3 is 10.6 Å². The maximum Gasteiger partial charge on any atom is 0.237 e. The molecule has 1 aromatic rings. The van der Waals surface area contributed by atoms with Gasteiger partial charge in [-0.25, -0.2) is 0 Å². The van der Waals surface area contributed by atoms with Crippen LogP contribution in [0.1, 0.15) is 36.1 Å². The minimum atomic E-state index is -0.153. The van der Waals surface area contributed by atoms with Gasteiger partial charge in [0.1, 0.15) is 0 Å². The highest BCUT2D eigenvalue weighted by Gasteiger charge is 2.13. The van der Waals surface area contributed by atoms with E-state index in [-0.39, 0.29) is 18.0 Å². The normalized spacial score (nSPS) is 12.8. The fourth-order valence-electron chi connectivity index (χ4n) is 1.49. The topological polar surface area (TPSA) is 41.1 Å². The molecule has 0 aliphatic carbocycles. The molecule has 0 aliphatic rings. The molecule has 1 aromatic heterocycles. The molecule has 1 heterocycles. The fraction of sp³-hybridized carbons (Fsp3) is 0.615. The molecule has 0 spiro atoms. The first kappa shape index (κ1) is 14.2. The number of carbonyl (C=O) groups excluding carboxylic acids is 1. The van der Waals surface area contributed by atoms with Crippen molar-refractivity contribution in [2.75, 3.05) is 0 Å². The van der Waals surface area contributed by atoms with Crippen LogP contribution in [0.15, 0.2) is 6.07 Å². The van der Waals surface area contributed by atoms with Crippen molar-refractivity contribution in [1.82, 2.24) is 10.6 Å². The minimum absolute atomic E-state index is 0.0602. The highest BCUT2D eigenvalue weighted by Crippen LogP contribution is 2.20. The van der Waals surface area contributed by atoms with Crippen molar-refractivity contribution in [1.29, 1.82) is 0 Å². The quantitative estimate of drug-likeness (QED) is 0.847. The van der Waals surface area contributed by atoms with Crippen LogP contribution in [-0.4, -0.2) is 18.0 Å². The summed E-state index contributed by atoms with van der Waals surface area (Å²) in [6.07, 6.45) is 0. The first-order valence-corrected chi connectivity index (χ1v) is 6.81. The van der Waals surface area contributed by atoms with Gasteiger partial charge in [0.05, 0.1) is 6.04 Å². The minimum Gasteiger partial charge on any atom is -0.353 e. The largest absolute Gasteiger partial charge is 0.353 e. The van der Waals surface area contributed by atoms with Crippen LogP contribution in [0.25, 0.3) is 0 Å². The Morgan fingerprint density at radius 2 is 2.00 bits per heavy atom. The van der Waals surface area contributed by atoms with Crippen LogP contribution in [0.2, 0.25) is 0 Å². The van der Waals surface area contributed by atoms with Crippen molar-refractivity contribution in [3.63, 3.8) is 0 Å².